The first-order valence-electron chi connectivity index (χ1n) is 9.65. The zero-order valence-electron chi connectivity index (χ0n) is 16.2. The van der Waals surface area contributed by atoms with Crippen molar-refractivity contribution in [3.8, 4) is 16.8 Å². The summed E-state index contributed by atoms with van der Waals surface area (Å²) >= 11 is 0. The van der Waals surface area contributed by atoms with E-state index in [0.29, 0.717) is 5.69 Å². The maximum Gasteiger partial charge on any atom is 0.270 e. The van der Waals surface area contributed by atoms with Crippen LogP contribution < -0.4 is 0 Å². The summed E-state index contributed by atoms with van der Waals surface area (Å²) in [5.74, 6) is 0.0979. The van der Waals surface area contributed by atoms with Crippen LogP contribution in [0.2, 0.25) is 0 Å². The number of H-pyrrole nitrogens is 1. The molecule has 140 valence electrons. The van der Waals surface area contributed by atoms with Gasteiger partial charge in [-0.15, -0.1) is 0 Å². The number of nitrogens with one attached hydrogen (secondary N) is 1. The van der Waals surface area contributed by atoms with Gasteiger partial charge in [0.1, 0.15) is 5.69 Å². The number of aromatic amines is 1. The van der Waals surface area contributed by atoms with Gasteiger partial charge < -0.3 is 9.88 Å². The van der Waals surface area contributed by atoms with Crippen LogP contribution in [-0.4, -0.2) is 38.7 Å². The molecule has 0 radical (unpaired) electrons. The first-order valence-corrected chi connectivity index (χ1v) is 9.65. The largest absolute Gasteiger partial charge is 0.357 e. The number of amides is 1. The Hall–Kier alpha value is -2.82. The molecule has 0 saturated carbocycles. The van der Waals surface area contributed by atoms with E-state index in [1.165, 1.54) is 12.0 Å². The molecule has 3 heterocycles. The van der Waals surface area contributed by atoms with Crippen molar-refractivity contribution in [2.24, 2.45) is 0 Å². The van der Waals surface area contributed by atoms with Crippen molar-refractivity contribution < 1.29 is 4.79 Å². The number of carbonyl (C=O) groups excluding carboxylic acids is 1. The Kier molecular flexibility index (Phi) is 4.60. The van der Waals surface area contributed by atoms with Gasteiger partial charge in [0.15, 0.2) is 0 Å². The van der Waals surface area contributed by atoms with Crippen LogP contribution in [-0.2, 0) is 0 Å². The summed E-state index contributed by atoms with van der Waals surface area (Å²) in [5, 5.41) is 4.65. The van der Waals surface area contributed by atoms with Gasteiger partial charge in [0.2, 0.25) is 0 Å². The average molecular weight is 362 g/mol. The number of rotatable bonds is 3. The van der Waals surface area contributed by atoms with Crippen molar-refractivity contribution in [1.29, 1.82) is 0 Å². The lowest BCUT2D eigenvalue weighted by atomic mass is 10.0. The van der Waals surface area contributed by atoms with Crippen LogP contribution >= 0.6 is 0 Å². The molecular weight excluding hydrogens is 336 g/mol. The number of aryl methyl sites for hydroxylation is 3. The van der Waals surface area contributed by atoms with Crippen molar-refractivity contribution in [3.63, 3.8) is 0 Å². The number of nitrogens with zero attached hydrogens (tertiary/aromatic N) is 3. The van der Waals surface area contributed by atoms with Crippen LogP contribution in [0.25, 0.3) is 16.8 Å². The first kappa shape index (κ1) is 17.6. The summed E-state index contributed by atoms with van der Waals surface area (Å²) in [6.45, 7) is 7.87. The topological polar surface area (TPSA) is 53.9 Å². The van der Waals surface area contributed by atoms with E-state index in [9.17, 15) is 4.79 Å². The summed E-state index contributed by atoms with van der Waals surface area (Å²) in [6, 6.07) is 10.4. The quantitative estimate of drug-likeness (QED) is 0.750. The molecule has 0 aliphatic carbocycles. The molecule has 1 aliphatic heterocycles. The molecule has 0 unspecified atom stereocenters. The fourth-order valence-corrected chi connectivity index (χ4v) is 3.87. The highest BCUT2D eigenvalue weighted by molar-refractivity contribution is 5.94. The normalized spacial score (nSPS) is 14.6. The zero-order valence-corrected chi connectivity index (χ0v) is 16.2. The highest BCUT2D eigenvalue weighted by Gasteiger charge is 2.20. The van der Waals surface area contributed by atoms with Crippen LogP contribution in [0.15, 0.2) is 36.5 Å². The second kappa shape index (κ2) is 7.06. The lowest BCUT2D eigenvalue weighted by molar-refractivity contribution is 0.0719. The minimum absolute atomic E-state index is 0.0979. The standard InChI is InChI=1S/C22H26N4O/c1-15-7-8-19(21(11-15)26-17(3)12-16(2)24-26)18-13-20(23-14-18)22(27)25-9-5-4-6-10-25/h7-8,11-14,23H,4-6,9-10H2,1-3H3. The molecular formula is C22H26N4O. The summed E-state index contributed by atoms with van der Waals surface area (Å²) < 4.78 is 1.98. The molecule has 5 heteroatoms. The summed E-state index contributed by atoms with van der Waals surface area (Å²) in [6.07, 6.45) is 5.34. The van der Waals surface area contributed by atoms with Crippen LogP contribution in [0.3, 0.4) is 0 Å². The van der Waals surface area contributed by atoms with E-state index >= 15 is 0 Å². The zero-order chi connectivity index (χ0) is 19.0. The van der Waals surface area contributed by atoms with Crippen LogP contribution in [0, 0.1) is 20.8 Å². The van der Waals surface area contributed by atoms with Gasteiger partial charge >= 0.3 is 0 Å². The van der Waals surface area contributed by atoms with E-state index in [1.807, 2.05) is 28.8 Å². The van der Waals surface area contributed by atoms with Crippen molar-refractivity contribution in [2.75, 3.05) is 13.1 Å². The molecule has 3 aromatic rings. The molecule has 27 heavy (non-hydrogen) atoms. The molecule has 1 aromatic carbocycles. The number of carbonyl (C=O) groups is 1. The molecule has 4 rings (SSSR count). The third-order valence-corrected chi connectivity index (χ3v) is 5.26. The molecule has 1 fully saturated rings. The maximum atomic E-state index is 12.8. The highest BCUT2D eigenvalue weighted by atomic mass is 16.2. The minimum atomic E-state index is 0.0979. The number of hydrogen-bond acceptors (Lipinski definition) is 2. The van der Waals surface area contributed by atoms with Gasteiger partial charge in [0.25, 0.3) is 5.91 Å². The number of likely N-dealkylation sites (tertiary alicyclic amines) is 1. The van der Waals surface area contributed by atoms with E-state index < -0.39 is 0 Å². The van der Waals surface area contributed by atoms with Gasteiger partial charge in [-0.05, 0) is 63.8 Å². The van der Waals surface area contributed by atoms with Gasteiger partial charge in [-0.2, -0.15) is 5.10 Å². The lowest BCUT2D eigenvalue weighted by Crippen LogP contribution is -2.35. The number of aromatic nitrogens is 3. The van der Waals surface area contributed by atoms with Crippen molar-refractivity contribution in [3.05, 3.63) is 59.2 Å². The molecule has 5 nitrogen and oxygen atoms in total. The maximum absolute atomic E-state index is 12.8. The minimum Gasteiger partial charge on any atom is -0.357 e. The second-order valence-electron chi connectivity index (χ2n) is 7.51. The van der Waals surface area contributed by atoms with Crippen molar-refractivity contribution in [1.82, 2.24) is 19.7 Å². The van der Waals surface area contributed by atoms with E-state index in [-0.39, 0.29) is 5.91 Å². The molecule has 0 spiro atoms. The monoisotopic (exact) mass is 362 g/mol. The highest BCUT2D eigenvalue weighted by Crippen LogP contribution is 2.29. The van der Waals surface area contributed by atoms with Gasteiger partial charge in [0, 0.05) is 36.1 Å². The van der Waals surface area contributed by atoms with E-state index in [2.05, 4.69) is 48.2 Å². The predicted octanol–water partition coefficient (Wildman–Crippen LogP) is 4.42. The Balaban J connectivity index is 1.71. The molecule has 2 aromatic heterocycles. The molecule has 0 atom stereocenters. The summed E-state index contributed by atoms with van der Waals surface area (Å²) in [4.78, 5) is 17.9. The SMILES string of the molecule is Cc1ccc(-c2c[nH]c(C(=O)N3CCCCC3)c2)c(-n2nc(C)cc2C)c1. The van der Waals surface area contributed by atoms with Crippen molar-refractivity contribution >= 4 is 5.91 Å². The number of piperidine rings is 1. The number of hydrogen-bond donors (Lipinski definition) is 1. The van der Waals surface area contributed by atoms with E-state index in [1.54, 1.807) is 0 Å². The van der Waals surface area contributed by atoms with Gasteiger partial charge in [0.05, 0.1) is 11.4 Å². The Bertz CT molecular complexity index is 976. The average Bonchev–Trinajstić information content (AvgIpc) is 3.28. The third kappa shape index (κ3) is 3.42. The third-order valence-electron chi connectivity index (χ3n) is 5.26. The Morgan fingerprint density at radius 1 is 1.04 bits per heavy atom. The van der Waals surface area contributed by atoms with Crippen LogP contribution in [0.5, 0.6) is 0 Å². The molecule has 0 bridgehead atoms. The molecule has 1 amide bonds. The molecule has 1 saturated heterocycles. The second-order valence-corrected chi connectivity index (χ2v) is 7.51. The molecule has 1 aliphatic rings. The summed E-state index contributed by atoms with van der Waals surface area (Å²) in [7, 11) is 0. The van der Waals surface area contributed by atoms with E-state index in [4.69, 9.17) is 0 Å². The number of benzene rings is 1. The van der Waals surface area contributed by atoms with E-state index in [0.717, 1.165) is 54.1 Å². The Morgan fingerprint density at radius 2 is 1.81 bits per heavy atom. The van der Waals surface area contributed by atoms with Gasteiger partial charge in [-0.3, -0.25) is 4.79 Å². The van der Waals surface area contributed by atoms with Crippen LogP contribution in [0.1, 0.15) is 46.7 Å². The predicted molar refractivity (Wildman–Crippen MR) is 107 cm³/mol. The molecule has 1 N–H and O–H groups in total. The van der Waals surface area contributed by atoms with Crippen LogP contribution in [0.4, 0.5) is 0 Å². The van der Waals surface area contributed by atoms with Crippen molar-refractivity contribution in [2.45, 2.75) is 40.0 Å². The Morgan fingerprint density at radius 3 is 2.52 bits per heavy atom. The first-order chi connectivity index (χ1) is 13.0. The Labute approximate surface area is 160 Å². The smallest absolute Gasteiger partial charge is 0.270 e. The van der Waals surface area contributed by atoms with Gasteiger partial charge in [-0.1, -0.05) is 12.1 Å². The van der Waals surface area contributed by atoms with Gasteiger partial charge in [-0.25, -0.2) is 4.68 Å². The fraction of sp³-hybridized carbons (Fsp3) is 0.364. The summed E-state index contributed by atoms with van der Waals surface area (Å²) in [5.41, 5.74) is 7.05. The lowest BCUT2D eigenvalue weighted by Gasteiger charge is -2.26. The fourth-order valence-electron chi connectivity index (χ4n) is 3.87.